The lowest BCUT2D eigenvalue weighted by atomic mass is 9.75. The second-order valence-corrected chi connectivity index (χ2v) is 5.91. The van der Waals surface area contributed by atoms with Gasteiger partial charge in [-0.15, -0.1) is 0 Å². The number of likely N-dealkylation sites (tertiary alicyclic amines) is 1. The van der Waals surface area contributed by atoms with Crippen molar-refractivity contribution >= 4 is 5.97 Å². The third kappa shape index (κ3) is 2.33. The summed E-state index contributed by atoms with van der Waals surface area (Å²) in [6.45, 7) is 7.02. The van der Waals surface area contributed by atoms with E-state index in [1.807, 2.05) is 6.92 Å². The monoisotopic (exact) mass is 240 g/mol. The van der Waals surface area contributed by atoms with Crippen molar-refractivity contribution in [1.82, 2.24) is 4.90 Å². The minimum atomic E-state index is -0.0382. The molecule has 2 N–H and O–H groups in total. The Labute approximate surface area is 103 Å². The number of rotatable bonds is 3. The summed E-state index contributed by atoms with van der Waals surface area (Å²) in [4.78, 5) is 14.2. The molecule has 2 aliphatic rings. The number of ether oxygens (including phenoxy) is 1. The molecule has 1 aliphatic carbocycles. The van der Waals surface area contributed by atoms with Gasteiger partial charge in [-0.25, -0.2) is 0 Å². The van der Waals surface area contributed by atoms with Crippen LogP contribution in [0, 0.1) is 17.3 Å². The zero-order valence-electron chi connectivity index (χ0n) is 11.1. The standard InChI is InChI=1S/C13H24N2O2/c1-9-6-15(7-10(2)14)8-11(12(16)17-3)13(9)4-5-13/h9-11H,4-8,14H2,1-3H3. The first-order valence-corrected chi connectivity index (χ1v) is 6.55. The minimum absolute atomic E-state index is 0.0382. The van der Waals surface area contributed by atoms with Crippen molar-refractivity contribution < 1.29 is 9.53 Å². The van der Waals surface area contributed by atoms with E-state index in [2.05, 4.69) is 11.8 Å². The Hall–Kier alpha value is -0.610. The van der Waals surface area contributed by atoms with Crippen LogP contribution >= 0.6 is 0 Å². The molecule has 0 aromatic carbocycles. The summed E-state index contributed by atoms with van der Waals surface area (Å²) < 4.78 is 4.97. The van der Waals surface area contributed by atoms with E-state index in [4.69, 9.17) is 10.5 Å². The minimum Gasteiger partial charge on any atom is -0.469 e. The summed E-state index contributed by atoms with van der Waals surface area (Å²) in [6, 6.07) is 0.161. The number of carbonyl (C=O) groups is 1. The second-order valence-electron chi connectivity index (χ2n) is 5.91. The summed E-state index contributed by atoms with van der Waals surface area (Å²) in [5.41, 5.74) is 6.09. The Morgan fingerprint density at radius 2 is 2.18 bits per heavy atom. The predicted octanol–water partition coefficient (Wildman–Crippen LogP) is 0.855. The molecule has 1 aliphatic heterocycles. The molecule has 1 saturated heterocycles. The van der Waals surface area contributed by atoms with Gasteiger partial charge in [0.2, 0.25) is 0 Å². The van der Waals surface area contributed by atoms with Gasteiger partial charge in [0.1, 0.15) is 0 Å². The summed E-state index contributed by atoms with van der Waals surface area (Å²) in [6.07, 6.45) is 2.36. The largest absolute Gasteiger partial charge is 0.469 e. The van der Waals surface area contributed by atoms with Gasteiger partial charge in [-0.05, 0) is 31.1 Å². The molecule has 1 spiro atoms. The Morgan fingerprint density at radius 3 is 2.65 bits per heavy atom. The van der Waals surface area contributed by atoms with E-state index in [9.17, 15) is 4.79 Å². The normalized spacial score (nSPS) is 33.4. The summed E-state index contributed by atoms with van der Waals surface area (Å²) in [7, 11) is 1.49. The smallest absolute Gasteiger partial charge is 0.310 e. The van der Waals surface area contributed by atoms with Crippen LogP contribution in [0.5, 0.6) is 0 Å². The lowest BCUT2D eigenvalue weighted by Crippen LogP contribution is -2.52. The molecular weight excluding hydrogens is 216 g/mol. The molecule has 17 heavy (non-hydrogen) atoms. The number of nitrogens with two attached hydrogens (primary N) is 1. The molecule has 1 saturated carbocycles. The maximum atomic E-state index is 11.9. The van der Waals surface area contributed by atoms with Gasteiger partial charge in [0.15, 0.2) is 0 Å². The Kier molecular flexibility index (Phi) is 3.46. The molecule has 4 nitrogen and oxygen atoms in total. The van der Waals surface area contributed by atoms with Crippen LogP contribution in [0.3, 0.4) is 0 Å². The van der Waals surface area contributed by atoms with Gasteiger partial charge in [0.05, 0.1) is 13.0 Å². The van der Waals surface area contributed by atoms with Crippen molar-refractivity contribution in [3.8, 4) is 0 Å². The SMILES string of the molecule is COC(=O)C1CN(CC(C)N)CC(C)C12CC2. The van der Waals surface area contributed by atoms with Gasteiger partial charge < -0.3 is 15.4 Å². The Balaban J connectivity index is 2.08. The van der Waals surface area contributed by atoms with Crippen molar-refractivity contribution in [3.63, 3.8) is 0 Å². The van der Waals surface area contributed by atoms with Crippen LogP contribution in [-0.4, -0.2) is 43.7 Å². The molecule has 1 heterocycles. The van der Waals surface area contributed by atoms with Crippen molar-refractivity contribution in [2.45, 2.75) is 32.7 Å². The number of nitrogens with zero attached hydrogens (tertiary/aromatic N) is 1. The zero-order chi connectivity index (χ0) is 12.6. The van der Waals surface area contributed by atoms with E-state index in [0.717, 1.165) is 19.6 Å². The van der Waals surface area contributed by atoms with Crippen molar-refractivity contribution in [2.24, 2.45) is 23.0 Å². The van der Waals surface area contributed by atoms with Crippen LogP contribution in [-0.2, 0) is 9.53 Å². The quantitative estimate of drug-likeness (QED) is 0.743. The van der Waals surface area contributed by atoms with E-state index in [1.165, 1.54) is 20.0 Å². The third-order valence-corrected chi connectivity index (χ3v) is 4.51. The van der Waals surface area contributed by atoms with E-state index < -0.39 is 0 Å². The fourth-order valence-electron chi connectivity index (χ4n) is 3.42. The number of carbonyl (C=O) groups excluding carboxylic acids is 1. The van der Waals surface area contributed by atoms with Gasteiger partial charge in [-0.1, -0.05) is 6.92 Å². The summed E-state index contributed by atoms with van der Waals surface area (Å²) in [5, 5.41) is 0. The van der Waals surface area contributed by atoms with Crippen molar-refractivity contribution in [2.75, 3.05) is 26.7 Å². The number of piperidine rings is 1. The first-order valence-electron chi connectivity index (χ1n) is 6.55. The highest BCUT2D eigenvalue weighted by Crippen LogP contribution is 2.60. The summed E-state index contributed by atoms with van der Waals surface area (Å²) in [5.74, 6) is 0.581. The first kappa shape index (κ1) is 12.8. The molecule has 0 aromatic heterocycles. The van der Waals surface area contributed by atoms with Crippen LogP contribution in [0.15, 0.2) is 0 Å². The topological polar surface area (TPSA) is 55.6 Å². The van der Waals surface area contributed by atoms with E-state index >= 15 is 0 Å². The Bertz CT molecular complexity index is 300. The van der Waals surface area contributed by atoms with E-state index in [0.29, 0.717) is 5.92 Å². The molecule has 2 fully saturated rings. The number of hydrogen-bond acceptors (Lipinski definition) is 4. The van der Waals surface area contributed by atoms with Crippen LogP contribution in [0.4, 0.5) is 0 Å². The molecule has 0 radical (unpaired) electrons. The molecule has 0 amide bonds. The van der Waals surface area contributed by atoms with Gasteiger partial charge in [-0.2, -0.15) is 0 Å². The lowest BCUT2D eigenvalue weighted by molar-refractivity contribution is -0.152. The molecule has 3 atom stereocenters. The number of esters is 1. The highest BCUT2D eigenvalue weighted by atomic mass is 16.5. The number of hydrogen-bond donors (Lipinski definition) is 1. The lowest BCUT2D eigenvalue weighted by Gasteiger charge is -2.42. The van der Waals surface area contributed by atoms with E-state index in [-0.39, 0.29) is 23.3 Å². The predicted molar refractivity (Wildman–Crippen MR) is 66.4 cm³/mol. The third-order valence-electron chi connectivity index (χ3n) is 4.51. The second kappa shape index (κ2) is 4.58. The molecule has 0 bridgehead atoms. The molecule has 3 unspecified atom stereocenters. The van der Waals surface area contributed by atoms with Crippen LogP contribution in [0.25, 0.3) is 0 Å². The van der Waals surface area contributed by atoms with Crippen LogP contribution in [0.2, 0.25) is 0 Å². The highest BCUT2D eigenvalue weighted by Gasteiger charge is 2.58. The van der Waals surface area contributed by atoms with Crippen molar-refractivity contribution in [3.05, 3.63) is 0 Å². The molecular formula is C13H24N2O2. The van der Waals surface area contributed by atoms with Crippen LogP contribution in [0.1, 0.15) is 26.7 Å². The molecule has 2 rings (SSSR count). The maximum absolute atomic E-state index is 11.9. The summed E-state index contributed by atoms with van der Waals surface area (Å²) >= 11 is 0. The zero-order valence-corrected chi connectivity index (χ0v) is 11.1. The van der Waals surface area contributed by atoms with Gasteiger partial charge >= 0.3 is 5.97 Å². The maximum Gasteiger partial charge on any atom is 0.310 e. The molecule has 0 aromatic rings. The highest BCUT2D eigenvalue weighted by molar-refractivity contribution is 5.74. The number of methoxy groups -OCH3 is 1. The fourth-order valence-corrected chi connectivity index (χ4v) is 3.42. The van der Waals surface area contributed by atoms with Crippen LogP contribution < -0.4 is 5.73 Å². The molecule has 4 heteroatoms. The average Bonchev–Trinajstić information content (AvgIpc) is 3.03. The van der Waals surface area contributed by atoms with Gasteiger partial charge in [0, 0.05) is 25.7 Å². The van der Waals surface area contributed by atoms with Gasteiger partial charge in [0.25, 0.3) is 0 Å². The van der Waals surface area contributed by atoms with Crippen molar-refractivity contribution in [1.29, 1.82) is 0 Å². The fraction of sp³-hybridized carbons (Fsp3) is 0.923. The van der Waals surface area contributed by atoms with E-state index in [1.54, 1.807) is 0 Å². The Morgan fingerprint density at radius 1 is 1.53 bits per heavy atom. The average molecular weight is 240 g/mol. The molecule has 98 valence electrons. The first-order chi connectivity index (χ1) is 7.99. The van der Waals surface area contributed by atoms with Gasteiger partial charge in [-0.3, -0.25) is 4.79 Å².